The average Bonchev–Trinajstić information content (AvgIpc) is 2.90. The topological polar surface area (TPSA) is 82.0 Å². The first kappa shape index (κ1) is 17.4. The lowest BCUT2D eigenvalue weighted by atomic mass is 10.1. The molecule has 3 rings (SSSR count). The molecule has 0 amide bonds. The molecule has 6 nitrogen and oxygen atoms in total. The molecule has 2 aromatic carbocycles. The zero-order valence-corrected chi connectivity index (χ0v) is 15.4. The van der Waals surface area contributed by atoms with Crippen LogP contribution in [0.4, 0.5) is 0 Å². The average molecular weight is 422 g/mol. The van der Waals surface area contributed by atoms with Gasteiger partial charge in [-0.05, 0) is 58.8 Å². The van der Waals surface area contributed by atoms with Crippen LogP contribution >= 0.6 is 15.9 Å². The first-order valence-electron chi connectivity index (χ1n) is 7.14. The second-order valence-corrected chi connectivity index (χ2v) is 7.55. The minimum Gasteiger partial charge on any atom is -0.378 e. The molecule has 0 aliphatic carbocycles. The highest BCUT2D eigenvalue weighted by molar-refractivity contribution is 9.10. The summed E-state index contributed by atoms with van der Waals surface area (Å²) in [5.41, 5.74) is 1.49. The molecular formula is C17H12BrNO5S. The summed E-state index contributed by atoms with van der Waals surface area (Å²) in [5, 5.41) is 3.60. The number of hydrogen-bond acceptors (Lipinski definition) is 6. The van der Waals surface area contributed by atoms with Crippen LogP contribution in [0.3, 0.4) is 0 Å². The Labute approximate surface area is 153 Å². The van der Waals surface area contributed by atoms with Gasteiger partial charge in [0, 0.05) is 0 Å². The minimum absolute atomic E-state index is 0.0635. The Kier molecular flexibility index (Phi) is 4.73. The molecule has 0 bridgehead atoms. The third-order valence-corrected chi connectivity index (χ3v) is 5.24. The molecule has 0 N–H and O–H groups in total. The van der Waals surface area contributed by atoms with Crippen molar-refractivity contribution in [1.82, 2.24) is 0 Å². The molecule has 0 radical (unpaired) electrons. The van der Waals surface area contributed by atoms with E-state index in [2.05, 4.69) is 25.9 Å². The fraction of sp³-hybridized carbons (Fsp3) is 0.0588. The Hall–Kier alpha value is -2.45. The number of nitrogens with zero attached hydrogens (tertiary/aromatic N) is 1. The van der Waals surface area contributed by atoms with Gasteiger partial charge >= 0.3 is 16.1 Å². The summed E-state index contributed by atoms with van der Waals surface area (Å²) in [5.74, 6) is -0.383. The van der Waals surface area contributed by atoms with Gasteiger partial charge in [0.2, 0.25) is 0 Å². The number of benzene rings is 2. The van der Waals surface area contributed by atoms with Gasteiger partial charge < -0.3 is 9.02 Å². The summed E-state index contributed by atoms with van der Waals surface area (Å²) in [7, 11) is -3.93. The number of carbonyl (C=O) groups excluding carboxylic acids is 1. The molecule has 128 valence electrons. The van der Waals surface area contributed by atoms with Gasteiger partial charge in [-0.2, -0.15) is 8.42 Å². The summed E-state index contributed by atoms with van der Waals surface area (Å²) in [6, 6.07) is 12.6. The lowest BCUT2D eigenvalue weighted by molar-refractivity contribution is -0.136. The lowest BCUT2D eigenvalue weighted by Gasteiger charge is -2.09. The standard InChI is InChI=1S/C17H12BrNO5S/c1-11-14(17(20)23-19-11)9-12-7-8-16(15(18)10-12)24-25(21,22)13-5-3-2-4-6-13/h2-10H,1H3/b14-9-. The molecule has 0 atom stereocenters. The van der Waals surface area contributed by atoms with Crippen LogP contribution < -0.4 is 4.18 Å². The van der Waals surface area contributed by atoms with Crippen molar-refractivity contribution in [1.29, 1.82) is 0 Å². The predicted molar refractivity (Wildman–Crippen MR) is 95.6 cm³/mol. The largest absolute Gasteiger partial charge is 0.378 e. The smallest absolute Gasteiger partial charge is 0.367 e. The van der Waals surface area contributed by atoms with Crippen molar-refractivity contribution in [2.24, 2.45) is 5.16 Å². The molecule has 0 aromatic heterocycles. The van der Waals surface area contributed by atoms with E-state index in [9.17, 15) is 13.2 Å². The second-order valence-electron chi connectivity index (χ2n) is 5.15. The number of hydrogen-bond donors (Lipinski definition) is 0. The van der Waals surface area contributed by atoms with Gasteiger partial charge in [-0.1, -0.05) is 29.4 Å². The molecule has 2 aromatic rings. The highest BCUT2D eigenvalue weighted by Crippen LogP contribution is 2.30. The van der Waals surface area contributed by atoms with Crippen molar-refractivity contribution < 1.29 is 22.2 Å². The van der Waals surface area contributed by atoms with Crippen LogP contribution in [-0.4, -0.2) is 20.1 Å². The Balaban J connectivity index is 1.87. The van der Waals surface area contributed by atoms with Crippen molar-refractivity contribution >= 4 is 43.8 Å². The lowest BCUT2D eigenvalue weighted by Crippen LogP contribution is -2.09. The maximum atomic E-state index is 12.3. The molecule has 0 fully saturated rings. The van der Waals surface area contributed by atoms with E-state index in [0.717, 1.165) is 0 Å². The van der Waals surface area contributed by atoms with E-state index < -0.39 is 16.1 Å². The minimum atomic E-state index is -3.93. The molecule has 25 heavy (non-hydrogen) atoms. The second kappa shape index (κ2) is 6.81. The van der Waals surface area contributed by atoms with E-state index in [1.807, 2.05) is 0 Å². The summed E-state index contributed by atoms with van der Waals surface area (Å²) >= 11 is 3.29. The maximum Gasteiger partial charge on any atom is 0.367 e. The highest BCUT2D eigenvalue weighted by Gasteiger charge is 2.22. The molecule has 0 unspecified atom stereocenters. The van der Waals surface area contributed by atoms with E-state index in [1.165, 1.54) is 18.2 Å². The molecule has 1 aliphatic heterocycles. The Morgan fingerprint density at radius 3 is 2.48 bits per heavy atom. The van der Waals surface area contributed by atoms with Crippen LogP contribution in [0.5, 0.6) is 5.75 Å². The Bertz CT molecular complexity index is 997. The molecular weight excluding hydrogens is 410 g/mol. The molecule has 1 heterocycles. The van der Waals surface area contributed by atoms with Gasteiger partial charge in [-0.15, -0.1) is 0 Å². The van der Waals surface area contributed by atoms with Crippen molar-refractivity contribution in [3.8, 4) is 5.75 Å². The fourth-order valence-corrected chi connectivity index (χ4v) is 3.67. The van der Waals surface area contributed by atoms with Gasteiger partial charge in [-0.25, -0.2) is 4.79 Å². The number of oxime groups is 1. The van der Waals surface area contributed by atoms with E-state index in [-0.39, 0.29) is 10.6 Å². The molecule has 1 aliphatic rings. The maximum absolute atomic E-state index is 12.3. The molecule has 0 spiro atoms. The quantitative estimate of drug-likeness (QED) is 0.428. The first-order chi connectivity index (χ1) is 11.9. The monoisotopic (exact) mass is 421 g/mol. The predicted octanol–water partition coefficient (Wildman–Crippen LogP) is 3.53. The van der Waals surface area contributed by atoms with E-state index >= 15 is 0 Å². The summed E-state index contributed by atoms with van der Waals surface area (Å²) in [6.07, 6.45) is 1.61. The molecule has 0 saturated carbocycles. The molecule has 8 heteroatoms. The van der Waals surface area contributed by atoms with Crippen LogP contribution in [0.15, 0.2) is 68.6 Å². The zero-order valence-electron chi connectivity index (χ0n) is 13.0. The highest BCUT2D eigenvalue weighted by atomic mass is 79.9. The Morgan fingerprint density at radius 1 is 1.16 bits per heavy atom. The van der Waals surface area contributed by atoms with Gasteiger partial charge in [0.05, 0.1) is 15.8 Å². The van der Waals surface area contributed by atoms with Crippen LogP contribution in [0.25, 0.3) is 6.08 Å². The van der Waals surface area contributed by atoms with Gasteiger partial charge in [-0.3, -0.25) is 0 Å². The summed E-state index contributed by atoms with van der Waals surface area (Å²) < 4.78 is 30.2. The third-order valence-electron chi connectivity index (χ3n) is 3.37. The zero-order chi connectivity index (χ0) is 18.0. The van der Waals surface area contributed by atoms with E-state index in [0.29, 0.717) is 21.3 Å². The van der Waals surface area contributed by atoms with Crippen molar-refractivity contribution in [3.05, 3.63) is 64.1 Å². The van der Waals surface area contributed by atoms with Crippen molar-refractivity contribution in [2.75, 3.05) is 0 Å². The Morgan fingerprint density at radius 2 is 1.88 bits per heavy atom. The van der Waals surface area contributed by atoms with E-state index in [4.69, 9.17) is 4.18 Å². The summed E-state index contributed by atoms with van der Waals surface area (Å²) in [4.78, 5) is 16.2. The van der Waals surface area contributed by atoms with Crippen molar-refractivity contribution in [2.45, 2.75) is 11.8 Å². The SMILES string of the molecule is CC1=NOC(=O)/C1=C\c1ccc(OS(=O)(=O)c2ccccc2)c(Br)c1. The first-order valence-corrected chi connectivity index (χ1v) is 9.34. The number of carbonyl (C=O) groups is 1. The van der Waals surface area contributed by atoms with Crippen LogP contribution in [0.1, 0.15) is 12.5 Å². The fourth-order valence-electron chi connectivity index (χ4n) is 2.11. The third kappa shape index (κ3) is 3.80. The van der Waals surface area contributed by atoms with Gasteiger partial charge in [0.1, 0.15) is 4.90 Å². The van der Waals surface area contributed by atoms with Crippen LogP contribution in [0.2, 0.25) is 0 Å². The van der Waals surface area contributed by atoms with Gasteiger partial charge in [0.25, 0.3) is 0 Å². The van der Waals surface area contributed by atoms with Crippen LogP contribution in [-0.2, 0) is 19.8 Å². The van der Waals surface area contributed by atoms with Crippen LogP contribution in [0, 0.1) is 0 Å². The van der Waals surface area contributed by atoms with E-state index in [1.54, 1.807) is 43.3 Å². The normalized spacial score (nSPS) is 15.8. The number of rotatable bonds is 4. The number of halogens is 1. The molecule has 0 saturated heterocycles. The van der Waals surface area contributed by atoms with Gasteiger partial charge in [0.15, 0.2) is 5.75 Å². The van der Waals surface area contributed by atoms with Crippen molar-refractivity contribution in [3.63, 3.8) is 0 Å². The summed E-state index contributed by atoms with van der Waals surface area (Å²) in [6.45, 7) is 1.66.